The summed E-state index contributed by atoms with van der Waals surface area (Å²) in [5.41, 5.74) is 3.14. The van der Waals surface area contributed by atoms with Crippen LogP contribution in [0.3, 0.4) is 0 Å². The summed E-state index contributed by atoms with van der Waals surface area (Å²) in [4.78, 5) is 2.65. The smallest absolute Gasteiger partial charge is 0.165 e. The Morgan fingerprint density at radius 1 is 0.701 bits per heavy atom. The monoisotopic (exact) mass is 987 g/mol. The first kappa shape index (κ1) is 50.8. The molecule has 8 fully saturated rings. The summed E-state index contributed by atoms with van der Waals surface area (Å²) in [6.45, 7) is 32.4. The number of hydrogen-bond donors (Lipinski definition) is 5. The number of ether oxygens (including phenoxy) is 2. The number of fused-ring (bicyclic) bond motifs is 4. The number of alkyl halides is 1. The van der Waals surface area contributed by atoms with Gasteiger partial charge >= 0.3 is 0 Å². The Morgan fingerprint density at radius 3 is 1.64 bits per heavy atom. The molecule has 8 aliphatic carbocycles. The molecule has 2 saturated heterocycles. The SMILES string of the molecule is C.C.C=CCBr.C=CCN1CC[C@]23c4c5ccc(O)c4O[C@H]2C2(C)CC[C@@]3(C[C@@H]2[C@](C)(O)C(C)(C)C)[C@H]1C5.CC12CC[C@@]3(C[C@@H]1[C@](C)(O)C(C)(C)C)[C@H]1Cc4ccc(O)c5c4[C@@]3(CCN1)[C@H]2O5. The molecule has 14 atom stereocenters. The van der Waals surface area contributed by atoms with Crippen molar-refractivity contribution in [1.29, 1.82) is 0 Å². The lowest BCUT2D eigenvalue weighted by atomic mass is 9.31. The standard InChI is InChI=1S/C28H39NO3.C25H35NO3.C3H5Br.2CH4/c1-7-13-29-14-12-28-21-17-8-9-18(30)22(21)32-23(28)25(5)10-11-27(28,20(29)15-17)16-19(25)26(6,31)24(2,3)4;1-21(2,3)23(5,28)16-13-24-9-8-22(16,4)20-25(24)10-11-26-17(24)12-14-6-7-15(27)19(29-20)18(14)25;1-2-3-4;;/h7-9,19-20,23,30-31H,1,10-16H2,2-6H3;6-7,16-17,20,26-28H,8-13H2,1-5H3;2H,1,3H2;2*1H4/t19-,20+,23-,25?,26-,27+,28-;16-,17+,20-,22?,23-,24+,25-;;;/m00.../s1. The second kappa shape index (κ2) is 15.7. The molecule has 8 bridgehead atoms. The third-order valence-corrected chi connectivity index (χ3v) is 22.2. The van der Waals surface area contributed by atoms with Crippen molar-refractivity contribution in [2.45, 2.75) is 195 Å². The summed E-state index contributed by atoms with van der Waals surface area (Å²) < 4.78 is 13.7. The first-order valence-electron chi connectivity index (χ1n) is 25.1. The van der Waals surface area contributed by atoms with Gasteiger partial charge in [0.05, 0.1) is 11.2 Å². The zero-order valence-electron chi connectivity index (χ0n) is 41.2. The molecule has 8 nitrogen and oxygen atoms in total. The Morgan fingerprint density at radius 2 is 1.16 bits per heavy atom. The lowest BCUT2D eigenvalue weighted by molar-refractivity contribution is -0.275. The lowest BCUT2D eigenvalue weighted by Gasteiger charge is -2.75. The van der Waals surface area contributed by atoms with E-state index in [2.05, 4.69) is 121 Å². The van der Waals surface area contributed by atoms with E-state index in [4.69, 9.17) is 9.47 Å². The maximum Gasteiger partial charge on any atom is 0.165 e. The Balaban J connectivity index is 0.000000164. The van der Waals surface area contributed by atoms with Gasteiger partial charge in [-0.05, 0) is 142 Å². The van der Waals surface area contributed by atoms with Crippen molar-refractivity contribution in [3.8, 4) is 23.0 Å². The predicted octanol–water partition coefficient (Wildman–Crippen LogP) is 11.6. The fourth-order valence-corrected chi connectivity index (χ4v) is 17.9. The summed E-state index contributed by atoms with van der Waals surface area (Å²) in [5, 5.41) is 50.4. The molecule has 14 rings (SSSR count). The largest absolute Gasteiger partial charge is 0.504 e. The van der Waals surface area contributed by atoms with E-state index in [-0.39, 0.29) is 88.0 Å². The number of aromatic hydroxyl groups is 2. The molecule has 12 aliphatic rings. The average molecular weight is 988 g/mol. The Labute approximate surface area is 412 Å². The third-order valence-electron chi connectivity index (χ3n) is 21.8. The van der Waals surface area contributed by atoms with Crippen LogP contribution in [0.2, 0.25) is 0 Å². The summed E-state index contributed by atoms with van der Waals surface area (Å²) in [6, 6.07) is 8.78. The second-order valence-corrected chi connectivity index (χ2v) is 26.3. The minimum atomic E-state index is -0.811. The number of aliphatic hydroxyl groups is 2. The van der Waals surface area contributed by atoms with Crippen molar-refractivity contribution in [3.63, 3.8) is 0 Å². The molecule has 2 aromatic rings. The molecular formula is C58H87BrN2O6. The van der Waals surface area contributed by atoms with Crippen molar-refractivity contribution < 1.29 is 29.9 Å². The van der Waals surface area contributed by atoms with E-state index < -0.39 is 11.2 Å². The first-order chi connectivity index (χ1) is 30.3. The van der Waals surface area contributed by atoms with Crippen LogP contribution in [-0.2, 0) is 23.7 Å². The van der Waals surface area contributed by atoms with Crippen LogP contribution in [0, 0.1) is 44.3 Å². The van der Waals surface area contributed by atoms with Crippen molar-refractivity contribution in [2.75, 3.05) is 25.0 Å². The van der Waals surface area contributed by atoms with Gasteiger partial charge in [0.1, 0.15) is 12.2 Å². The third kappa shape index (κ3) is 5.96. The van der Waals surface area contributed by atoms with E-state index in [9.17, 15) is 20.4 Å². The van der Waals surface area contributed by atoms with Crippen LogP contribution in [0.1, 0.15) is 158 Å². The van der Waals surface area contributed by atoms with Gasteiger partial charge in [-0.2, -0.15) is 0 Å². The number of hydrogen-bond acceptors (Lipinski definition) is 8. The van der Waals surface area contributed by atoms with Gasteiger partial charge < -0.3 is 35.2 Å². The van der Waals surface area contributed by atoms with Crippen molar-refractivity contribution >= 4 is 15.9 Å². The highest BCUT2D eigenvalue weighted by Crippen LogP contribution is 2.81. The van der Waals surface area contributed by atoms with Gasteiger partial charge in [-0.1, -0.05) is 110 Å². The predicted molar refractivity (Wildman–Crippen MR) is 276 cm³/mol. The number of rotatable bonds is 5. The second-order valence-electron chi connectivity index (χ2n) is 25.6. The van der Waals surface area contributed by atoms with Crippen LogP contribution in [-0.4, -0.2) is 85.8 Å². The van der Waals surface area contributed by atoms with Gasteiger partial charge in [0, 0.05) is 62.2 Å². The number of phenols is 2. The zero-order chi connectivity index (χ0) is 46.9. The highest BCUT2D eigenvalue weighted by molar-refractivity contribution is 9.09. The molecule has 2 aromatic carbocycles. The maximum atomic E-state index is 12.1. The van der Waals surface area contributed by atoms with Crippen LogP contribution in [0.4, 0.5) is 0 Å². The zero-order valence-corrected chi connectivity index (χ0v) is 42.8. The average Bonchev–Trinajstić information content (AvgIpc) is 3.80. The van der Waals surface area contributed by atoms with Gasteiger partial charge in [0.2, 0.25) is 0 Å². The Kier molecular flexibility index (Phi) is 11.9. The summed E-state index contributed by atoms with van der Waals surface area (Å²) >= 11 is 3.13. The van der Waals surface area contributed by atoms with Crippen molar-refractivity contribution in [3.05, 3.63) is 71.8 Å². The number of phenolic OH excluding ortho intramolecular Hbond substituents is 2. The molecule has 6 saturated carbocycles. The topological polar surface area (TPSA) is 115 Å². The highest BCUT2D eigenvalue weighted by Gasteiger charge is 2.82. The van der Waals surface area contributed by atoms with E-state index in [0.717, 1.165) is 87.8 Å². The van der Waals surface area contributed by atoms with Gasteiger partial charge in [0.25, 0.3) is 0 Å². The number of allylic oxidation sites excluding steroid dienone is 1. The number of benzene rings is 2. The van der Waals surface area contributed by atoms with Gasteiger partial charge in [-0.25, -0.2) is 0 Å². The molecule has 9 heteroatoms. The van der Waals surface area contributed by atoms with E-state index in [1.165, 1.54) is 35.1 Å². The summed E-state index contributed by atoms with van der Waals surface area (Å²) in [6.07, 6.45) is 14.6. The number of likely N-dealkylation sites (tertiary alicyclic amines) is 1. The highest BCUT2D eigenvalue weighted by atomic mass is 79.9. The Hall–Kier alpha value is -2.56. The van der Waals surface area contributed by atoms with Crippen molar-refractivity contribution in [2.24, 2.45) is 44.3 Å². The normalized spacial score (nSPS) is 41.0. The van der Waals surface area contributed by atoms with Crippen molar-refractivity contribution in [1.82, 2.24) is 10.2 Å². The number of nitrogens with zero attached hydrogens (tertiary/aromatic N) is 1. The molecule has 67 heavy (non-hydrogen) atoms. The van der Waals surface area contributed by atoms with Gasteiger partial charge in [0.15, 0.2) is 23.0 Å². The Bertz CT molecular complexity index is 2310. The van der Waals surface area contributed by atoms with E-state index in [1.54, 1.807) is 6.08 Å². The maximum absolute atomic E-state index is 12.1. The minimum Gasteiger partial charge on any atom is -0.504 e. The summed E-state index contributed by atoms with van der Waals surface area (Å²) in [7, 11) is 0. The lowest BCUT2D eigenvalue weighted by Crippen LogP contribution is -2.80. The molecule has 4 heterocycles. The van der Waals surface area contributed by atoms with Crippen LogP contribution in [0.15, 0.2) is 49.6 Å². The number of halogens is 1. The van der Waals surface area contributed by atoms with Crippen LogP contribution < -0.4 is 14.8 Å². The molecule has 372 valence electrons. The van der Waals surface area contributed by atoms with Crippen LogP contribution in [0.25, 0.3) is 0 Å². The van der Waals surface area contributed by atoms with Gasteiger partial charge in [-0.15, -0.1) is 13.2 Å². The molecule has 5 N–H and O–H groups in total. The summed E-state index contributed by atoms with van der Waals surface area (Å²) in [5.74, 6) is 2.39. The molecule has 0 amide bonds. The van der Waals surface area contributed by atoms with E-state index in [1.807, 2.05) is 18.2 Å². The molecule has 4 aliphatic heterocycles. The van der Waals surface area contributed by atoms with Crippen LogP contribution in [0.5, 0.6) is 23.0 Å². The van der Waals surface area contributed by atoms with E-state index in [0.29, 0.717) is 17.8 Å². The number of piperidine rings is 2. The van der Waals surface area contributed by atoms with Gasteiger partial charge in [-0.3, -0.25) is 4.90 Å². The fraction of sp³-hybridized carbons (Fsp3) is 0.724. The first-order valence-corrected chi connectivity index (χ1v) is 26.2. The van der Waals surface area contributed by atoms with Crippen LogP contribution >= 0.6 is 15.9 Å². The molecule has 0 radical (unpaired) electrons. The minimum absolute atomic E-state index is 0. The quantitative estimate of drug-likeness (QED) is 0.149. The molecule has 0 aromatic heterocycles. The number of nitrogens with one attached hydrogen (secondary N) is 1. The fourth-order valence-electron chi connectivity index (χ4n) is 17.9. The van der Waals surface area contributed by atoms with E-state index >= 15 is 0 Å². The molecule has 2 unspecified atom stereocenters. The molecular weight excluding hydrogens is 901 g/mol. The molecule has 4 spiro atoms.